The number of ketones is 1. The van der Waals surface area contributed by atoms with E-state index in [0.717, 1.165) is 10.2 Å². The molecule has 0 aromatic heterocycles. The SMILES string of the molecule is CN(C)c1cccc(C(=O)c2cccc(Br)c2)c1. The third kappa shape index (κ3) is 2.79. The van der Waals surface area contributed by atoms with Crippen LogP contribution in [0.25, 0.3) is 0 Å². The summed E-state index contributed by atoms with van der Waals surface area (Å²) >= 11 is 3.38. The van der Waals surface area contributed by atoms with E-state index in [0.29, 0.717) is 11.1 Å². The van der Waals surface area contributed by atoms with Crippen molar-refractivity contribution in [1.29, 1.82) is 0 Å². The summed E-state index contributed by atoms with van der Waals surface area (Å²) in [6.07, 6.45) is 0. The van der Waals surface area contributed by atoms with Gasteiger partial charge in [-0.25, -0.2) is 0 Å². The number of benzene rings is 2. The predicted molar refractivity (Wildman–Crippen MR) is 78.3 cm³/mol. The van der Waals surface area contributed by atoms with Crippen LogP contribution in [0, 0.1) is 0 Å². The maximum atomic E-state index is 12.3. The average Bonchev–Trinajstić information content (AvgIpc) is 2.38. The first-order valence-electron chi connectivity index (χ1n) is 5.65. The van der Waals surface area contributed by atoms with E-state index < -0.39 is 0 Å². The number of rotatable bonds is 3. The smallest absolute Gasteiger partial charge is 0.193 e. The van der Waals surface area contributed by atoms with Gasteiger partial charge < -0.3 is 4.90 Å². The van der Waals surface area contributed by atoms with Crippen LogP contribution in [0.2, 0.25) is 0 Å². The van der Waals surface area contributed by atoms with Crippen LogP contribution in [0.3, 0.4) is 0 Å². The molecule has 0 saturated carbocycles. The summed E-state index contributed by atoms with van der Waals surface area (Å²) in [6, 6.07) is 15.1. The van der Waals surface area contributed by atoms with E-state index in [2.05, 4.69) is 15.9 Å². The highest BCUT2D eigenvalue weighted by molar-refractivity contribution is 9.10. The quantitative estimate of drug-likeness (QED) is 0.805. The lowest BCUT2D eigenvalue weighted by Gasteiger charge is -2.13. The molecule has 0 aliphatic carbocycles. The van der Waals surface area contributed by atoms with Crippen molar-refractivity contribution in [3.63, 3.8) is 0 Å². The lowest BCUT2D eigenvalue weighted by molar-refractivity contribution is 0.103. The molecule has 0 aliphatic heterocycles. The Labute approximate surface area is 115 Å². The molecule has 92 valence electrons. The Bertz CT molecular complexity index is 578. The van der Waals surface area contributed by atoms with Gasteiger partial charge in [0.05, 0.1) is 0 Å². The maximum Gasteiger partial charge on any atom is 0.193 e. The molecular formula is C15H14BrNO. The average molecular weight is 304 g/mol. The first-order chi connectivity index (χ1) is 8.58. The summed E-state index contributed by atoms with van der Waals surface area (Å²) in [6.45, 7) is 0. The second-order valence-corrected chi connectivity index (χ2v) is 5.20. The van der Waals surface area contributed by atoms with Crippen molar-refractivity contribution in [2.24, 2.45) is 0 Å². The van der Waals surface area contributed by atoms with E-state index in [1.54, 1.807) is 0 Å². The fourth-order valence-electron chi connectivity index (χ4n) is 1.72. The molecule has 2 nitrogen and oxygen atoms in total. The van der Waals surface area contributed by atoms with Gasteiger partial charge in [-0.15, -0.1) is 0 Å². The number of nitrogens with zero attached hydrogens (tertiary/aromatic N) is 1. The number of carbonyl (C=O) groups excluding carboxylic acids is 1. The standard InChI is InChI=1S/C15H14BrNO/c1-17(2)14-8-4-6-12(10-14)15(18)11-5-3-7-13(16)9-11/h3-10H,1-2H3. The molecule has 0 N–H and O–H groups in total. The molecule has 2 rings (SSSR count). The molecule has 2 aromatic rings. The Morgan fingerprint density at radius 1 is 1.00 bits per heavy atom. The van der Waals surface area contributed by atoms with E-state index in [9.17, 15) is 4.79 Å². The highest BCUT2D eigenvalue weighted by Gasteiger charge is 2.10. The summed E-state index contributed by atoms with van der Waals surface area (Å²) < 4.78 is 0.914. The van der Waals surface area contributed by atoms with Gasteiger partial charge in [0, 0.05) is 35.4 Å². The Hall–Kier alpha value is -1.61. The van der Waals surface area contributed by atoms with Gasteiger partial charge in [0.1, 0.15) is 0 Å². The first-order valence-corrected chi connectivity index (χ1v) is 6.45. The van der Waals surface area contributed by atoms with Gasteiger partial charge in [-0.2, -0.15) is 0 Å². The number of hydrogen-bond donors (Lipinski definition) is 0. The second kappa shape index (κ2) is 5.36. The minimum atomic E-state index is 0.0417. The van der Waals surface area contributed by atoms with Crippen molar-refractivity contribution < 1.29 is 4.79 Å². The van der Waals surface area contributed by atoms with Gasteiger partial charge in [-0.05, 0) is 24.3 Å². The molecule has 0 spiro atoms. The molecule has 0 heterocycles. The number of hydrogen-bond acceptors (Lipinski definition) is 2. The fraction of sp³-hybridized carbons (Fsp3) is 0.133. The zero-order valence-corrected chi connectivity index (χ0v) is 11.9. The van der Waals surface area contributed by atoms with Gasteiger partial charge in [-0.1, -0.05) is 40.2 Å². The summed E-state index contributed by atoms with van der Waals surface area (Å²) in [5.41, 5.74) is 2.43. The third-order valence-corrected chi connectivity index (χ3v) is 3.20. The van der Waals surface area contributed by atoms with E-state index in [1.807, 2.05) is 67.5 Å². The van der Waals surface area contributed by atoms with E-state index >= 15 is 0 Å². The Balaban J connectivity index is 2.37. The lowest BCUT2D eigenvalue weighted by atomic mass is 10.0. The number of carbonyl (C=O) groups is 1. The topological polar surface area (TPSA) is 20.3 Å². The van der Waals surface area contributed by atoms with Crippen LogP contribution in [0.15, 0.2) is 53.0 Å². The second-order valence-electron chi connectivity index (χ2n) is 4.28. The van der Waals surface area contributed by atoms with Gasteiger partial charge in [0.25, 0.3) is 0 Å². The zero-order chi connectivity index (χ0) is 13.1. The summed E-state index contributed by atoms with van der Waals surface area (Å²) in [4.78, 5) is 14.3. The van der Waals surface area contributed by atoms with Crippen LogP contribution in [-0.2, 0) is 0 Å². The van der Waals surface area contributed by atoms with E-state index in [4.69, 9.17) is 0 Å². The number of halogens is 1. The molecule has 0 amide bonds. The van der Waals surface area contributed by atoms with Gasteiger partial charge >= 0.3 is 0 Å². The Morgan fingerprint density at radius 3 is 2.22 bits per heavy atom. The molecule has 0 bridgehead atoms. The highest BCUT2D eigenvalue weighted by Crippen LogP contribution is 2.19. The molecule has 3 heteroatoms. The van der Waals surface area contributed by atoms with Crippen molar-refractivity contribution in [1.82, 2.24) is 0 Å². The van der Waals surface area contributed by atoms with Gasteiger partial charge in [0.15, 0.2) is 5.78 Å². The molecule has 0 atom stereocenters. The molecule has 0 radical (unpaired) electrons. The third-order valence-electron chi connectivity index (χ3n) is 2.71. The Morgan fingerprint density at radius 2 is 1.61 bits per heavy atom. The maximum absolute atomic E-state index is 12.3. The van der Waals surface area contributed by atoms with Crippen molar-refractivity contribution >= 4 is 27.4 Å². The predicted octanol–water partition coefficient (Wildman–Crippen LogP) is 3.75. The summed E-state index contributed by atoms with van der Waals surface area (Å²) in [5.74, 6) is 0.0417. The number of anilines is 1. The van der Waals surface area contributed by atoms with Crippen LogP contribution in [0.1, 0.15) is 15.9 Å². The fourth-order valence-corrected chi connectivity index (χ4v) is 2.12. The van der Waals surface area contributed by atoms with Crippen molar-refractivity contribution in [2.75, 3.05) is 19.0 Å². The van der Waals surface area contributed by atoms with Crippen LogP contribution in [-0.4, -0.2) is 19.9 Å². The molecule has 0 saturated heterocycles. The zero-order valence-electron chi connectivity index (χ0n) is 10.4. The van der Waals surface area contributed by atoms with Crippen molar-refractivity contribution in [2.45, 2.75) is 0 Å². The molecule has 18 heavy (non-hydrogen) atoms. The lowest BCUT2D eigenvalue weighted by Crippen LogP contribution is -2.10. The summed E-state index contributed by atoms with van der Waals surface area (Å²) in [7, 11) is 3.92. The summed E-state index contributed by atoms with van der Waals surface area (Å²) in [5, 5.41) is 0. The van der Waals surface area contributed by atoms with Crippen LogP contribution < -0.4 is 4.90 Å². The highest BCUT2D eigenvalue weighted by atomic mass is 79.9. The minimum absolute atomic E-state index is 0.0417. The normalized spacial score (nSPS) is 10.2. The Kier molecular flexibility index (Phi) is 3.82. The monoisotopic (exact) mass is 303 g/mol. The van der Waals surface area contributed by atoms with E-state index in [1.165, 1.54) is 0 Å². The molecular weight excluding hydrogens is 290 g/mol. The minimum Gasteiger partial charge on any atom is -0.378 e. The van der Waals surface area contributed by atoms with Crippen molar-refractivity contribution in [3.05, 3.63) is 64.1 Å². The molecule has 0 aliphatic rings. The van der Waals surface area contributed by atoms with Crippen LogP contribution in [0.5, 0.6) is 0 Å². The van der Waals surface area contributed by atoms with E-state index in [-0.39, 0.29) is 5.78 Å². The van der Waals surface area contributed by atoms with Crippen LogP contribution in [0.4, 0.5) is 5.69 Å². The van der Waals surface area contributed by atoms with Gasteiger partial charge in [-0.3, -0.25) is 4.79 Å². The molecule has 2 aromatic carbocycles. The first kappa shape index (κ1) is 12.8. The van der Waals surface area contributed by atoms with Crippen molar-refractivity contribution in [3.8, 4) is 0 Å². The molecule has 0 unspecified atom stereocenters. The molecule has 0 fully saturated rings. The largest absolute Gasteiger partial charge is 0.378 e. The van der Waals surface area contributed by atoms with Gasteiger partial charge in [0.2, 0.25) is 0 Å². The van der Waals surface area contributed by atoms with Crippen LogP contribution >= 0.6 is 15.9 Å².